The molecule has 1 fully saturated rings. The molecule has 2 amide bonds. The second-order valence-corrected chi connectivity index (χ2v) is 8.81. The Labute approximate surface area is 197 Å². The van der Waals surface area contributed by atoms with Crippen LogP contribution in [0, 0.1) is 0 Å². The number of nitrogens with zero attached hydrogens (tertiary/aromatic N) is 1. The molecule has 8 heteroatoms. The average molecular weight is 512 g/mol. The second-order valence-electron chi connectivity index (χ2n) is 6.90. The fourth-order valence-electron chi connectivity index (χ4n) is 3.14. The predicted molar refractivity (Wildman–Crippen MR) is 126 cm³/mol. The second kappa shape index (κ2) is 9.58. The molecule has 0 atom stereocenters. The van der Waals surface area contributed by atoms with Gasteiger partial charge in [-0.3, -0.25) is 14.5 Å². The molecule has 1 aliphatic rings. The number of thioether (sulfide) groups is 1. The number of rotatable bonds is 6. The van der Waals surface area contributed by atoms with E-state index in [1.807, 2.05) is 30.3 Å². The summed E-state index contributed by atoms with van der Waals surface area (Å²) in [4.78, 5) is 38.6. The lowest BCUT2D eigenvalue weighted by Gasteiger charge is -2.12. The Bertz CT molecular complexity index is 1220. The number of carbonyl (C=O) groups excluding carboxylic acids is 3. The molecule has 0 saturated carbocycles. The summed E-state index contributed by atoms with van der Waals surface area (Å²) < 4.78 is 11.8. The first kappa shape index (κ1) is 22.1. The molecule has 162 valence electrons. The van der Waals surface area contributed by atoms with Gasteiger partial charge >= 0.3 is 5.97 Å². The van der Waals surface area contributed by atoms with Gasteiger partial charge in [-0.2, -0.15) is 0 Å². The SMILES string of the molecule is CCOC(=O)c1cccc(-c2ccc(/C=C3\SC(=O)N(Cc4ccc(Br)cc4)C3=O)o2)c1. The van der Waals surface area contributed by atoms with Crippen LogP contribution < -0.4 is 0 Å². The van der Waals surface area contributed by atoms with Gasteiger partial charge < -0.3 is 9.15 Å². The number of benzene rings is 2. The standard InChI is InChI=1S/C24H18BrNO5S/c1-2-30-23(28)17-5-3-4-16(12-17)20-11-10-19(31-20)13-21-22(27)26(24(29)32-21)14-15-6-8-18(25)9-7-15/h3-13H,2,14H2,1H3/b21-13-. The number of imide groups is 1. The molecule has 0 radical (unpaired) electrons. The third-order valence-corrected chi connectivity index (χ3v) is 6.12. The van der Waals surface area contributed by atoms with Crippen LogP contribution in [0.25, 0.3) is 17.4 Å². The molecule has 1 saturated heterocycles. The first-order valence-corrected chi connectivity index (χ1v) is 11.4. The molecule has 0 N–H and O–H groups in total. The molecule has 6 nitrogen and oxygen atoms in total. The Kier molecular flexibility index (Phi) is 6.62. The van der Waals surface area contributed by atoms with Crippen LogP contribution in [0.1, 0.15) is 28.6 Å². The minimum absolute atomic E-state index is 0.208. The molecule has 0 spiro atoms. The number of ether oxygens (including phenoxy) is 1. The molecular formula is C24H18BrNO5S. The van der Waals surface area contributed by atoms with E-state index in [1.54, 1.807) is 43.3 Å². The van der Waals surface area contributed by atoms with Crippen molar-refractivity contribution in [3.05, 3.63) is 86.9 Å². The summed E-state index contributed by atoms with van der Waals surface area (Å²) in [6, 6.07) is 17.9. The smallest absolute Gasteiger partial charge is 0.338 e. The van der Waals surface area contributed by atoms with E-state index in [-0.39, 0.29) is 17.7 Å². The zero-order valence-electron chi connectivity index (χ0n) is 17.0. The molecule has 0 unspecified atom stereocenters. The highest BCUT2D eigenvalue weighted by molar-refractivity contribution is 9.10. The van der Waals surface area contributed by atoms with Crippen molar-refractivity contribution in [2.24, 2.45) is 0 Å². The monoisotopic (exact) mass is 511 g/mol. The zero-order valence-corrected chi connectivity index (χ0v) is 19.4. The molecule has 4 rings (SSSR count). The maximum absolute atomic E-state index is 12.8. The average Bonchev–Trinajstić information content (AvgIpc) is 3.36. The molecule has 2 aromatic carbocycles. The lowest BCUT2D eigenvalue weighted by Crippen LogP contribution is -2.27. The molecule has 32 heavy (non-hydrogen) atoms. The molecule has 1 aromatic heterocycles. The van der Waals surface area contributed by atoms with Crippen LogP contribution in [0.3, 0.4) is 0 Å². The van der Waals surface area contributed by atoms with Gasteiger partial charge in [-0.05, 0) is 60.6 Å². The Morgan fingerprint density at radius 2 is 1.91 bits per heavy atom. The van der Waals surface area contributed by atoms with Crippen LogP contribution in [-0.4, -0.2) is 28.6 Å². The fourth-order valence-corrected chi connectivity index (χ4v) is 4.22. The Morgan fingerprint density at radius 1 is 1.12 bits per heavy atom. The summed E-state index contributed by atoms with van der Waals surface area (Å²) in [6.07, 6.45) is 1.56. The number of halogens is 1. The van der Waals surface area contributed by atoms with Crippen molar-refractivity contribution in [2.75, 3.05) is 6.61 Å². The van der Waals surface area contributed by atoms with Crippen LogP contribution >= 0.6 is 27.7 Å². The van der Waals surface area contributed by atoms with Crippen molar-refractivity contribution < 1.29 is 23.5 Å². The van der Waals surface area contributed by atoms with Gasteiger partial charge in [0.15, 0.2) is 0 Å². The van der Waals surface area contributed by atoms with Gasteiger partial charge in [0.05, 0.1) is 23.6 Å². The lowest BCUT2D eigenvalue weighted by atomic mass is 10.1. The highest BCUT2D eigenvalue weighted by atomic mass is 79.9. The fraction of sp³-hybridized carbons (Fsp3) is 0.125. The summed E-state index contributed by atoms with van der Waals surface area (Å²) in [6.45, 7) is 2.26. The maximum Gasteiger partial charge on any atom is 0.338 e. The van der Waals surface area contributed by atoms with E-state index in [0.717, 1.165) is 21.8 Å². The van der Waals surface area contributed by atoms with E-state index < -0.39 is 5.97 Å². The van der Waals surface area contributed by atoms with Gasteiger partial charge in [-0.15, -0.1) is 0 Å². The number of hydrogen-bond acceptors (Lipinski definition) is 6. The van der Waals surface area contributed by atoms with E-state index in [2.05, 4.69) is 15.9 Å². The maximum atomic E-state index is 12.8. The summed E-state index contributed by atoms with van der Waals surface area (Å²) in [5.74, 6) is 0.220. The molecule has 0 aliphatic carbocycles. The first-order chi connectivity index (χ1) is 15.4. The number of esters is 1. The minimum Gasteiger partial charge on any atom is -0.462 e. The van der Waals surface area contributed by atoms with Crippen LogP contribution in [-0.2, 0) is 16.1 Å². The van der Waals surface area contributed by atoms with Crippen molar-refractivity contribution in [2.45, 2.75) is 13.5 Å². The molecule has 1 aliphatic heterocycles. The van der Waals surface area contributed by atoms with Crippen molar-refractivity contribution in [1.29, 1.82) is 0 Å². The predicted octanol–water partition coefficient (Wildman–Crippen LogP) is 6.12. The number of carbonyl (C=O) groups is 3. The largest absolute Gasteiger partial charge is 0.462 e. The summed E-state index contributed by atoms with van der Waals surface area (Å²) in [7, 11) is 0. The Balaban J connectivity index is 1.51. The topological polar surface area (TPSA) is 76.8 Å². The first-order valence-electron chi connectivity index (χ1n) is 9.82. The Morgan fingerprint density at radius 3 is 2.66 bits per heavy atom. The van der Waals surface area contributed by atoms with Crippen LogP contribution in [0.5, 0.6) is 0 Å². The third-order valence-electron chi connectivity index (χ3n) is 4.69. The van der Waals surface area contributed by atoms with Crippen molar-refractivity contribution in [3.8, 4) is 11.3 Å². The molecular weight excluding hydrogens is 494 g/mol. The van der Waals surface area contributed by atoms with Gasteiger partial charge in [0.25, 0.3) is 11.1 Å². The minimum atomic E-state index is -0.402. The van der Waals surface area contributed by atoms with Crippen LogP contribution in [0.4, 0.5) is 4.79 Å². The van der Waals surface area contributed by atoms with E-state index in [4.69, 9.17) is 9.15 Å². The van der Waals surface area contributed by atoms with Crippen molar-refractivity contribution >= 4 is 50.9 Å². The molecule has 3 aromatic rings. The van der Waals surface area contributed by atoms with Gasteiger partial charge in [0.1, 0.15) is 11.5 Å². The van der Waals surface area contributed by atoms with E-state index in [0.29, 0.717) is 34.2 Å². The summed E-state index contributed by atoms with van der Waals surface area (Å²) in [5, 5.41) is -0.321. The highest BCUT2D eigenvalue weighted by Crippen LogP contribution is 2.34. The highest BCUT2D eigenvalue weighted by Gasteiger charge is 2.35. The lowest BCUT2D eigenvalue weighted by molar-refractivity contribution is -0.123. The van der Waals surface area contributed by atoms with E-state index in [9.17, 15) is 14.4 Å². The molecule has 2 heterocycles. The van der Waals surface area contributed by atoms with E-state index in [1.165, 1.54) is 4.90 Å². The van der Waals surface area contributed by atoms with Gasteiger partial charge in [0, 0.05) is 16.1 Å². The number of furan rings is 1. The van der Waals surface area contributed by atoms with Gasteiger partial charge in [0.2, 0.25) is 0 Å². The quantitative estimate of drug-likeness (QED) is 0.293. The number of amides is 2. The normalized spacial score (nSPS) is 14.9. The van der Waals surface area contributed by atoms with Gasteiger partial charge in [-0.1, -0.05) is 40.2 Å². The van der Waals surface area contributed by atoms with Crippen molar-refractivity contribution in [1.82, 2.24) is 4.90 Å². The zero-order chi connectivity index (χ0) is 22.7. The Hall–Kier alpha value is -3.10. The molecule has 0 bridgehead atoms. The number of hydrogen-bond donors (Lipinski definition) is 0. The summed E-state index contributed by atoms with van der Waals surface area (Å²) in [5.41, 5.74) is 1.99. The third kappa shape index (κ3) is 4.87. The van der Waals surface area contributed by atoms with Crippen molar-refractivity contribution in [3.63, 3.8) is 0 Å². The van der Waals surface area contributed by atoms with Gasteiger partial charge in [-0.25, -0.2) is 4.79 Å². The summed E-state index contributed by atoms with van der Waals surface area (Å²) >= 11 is 4.26. The van der Waals surface area contributed by atoms with Crippen LogP contribution in [0.15, 0.2) is 74.5 Å². The van der Waals surface area contributed by atoms with Crippen LogP contribution in [0.2, 0.25) is 0 Å². The van der Waals surface area contributed by atoms with E-state index >= 15 is 0 Å².